The van der Waals surface area contributed by atoms with Crippen LogP contribution < -0.4 is 0 Å². The van der Waals surface area contributed by atoms with Crippen molar-refractivity contribution in [1.29, 1.82) is 0 Å². The average Bonchev–Trinajstić information content (AvgIpc) is 2.79. The van der Waals surface area contributed by atoms with Crippen molar-refractivity contribution in [3.8, 4) is 0 Å². The lowest BCUT2D eigenvalue weighted by Gasteiger charge is -2.47. The molecule has 4 heterocycles. The lowest BCUT2D eigenvalue weighted by Crippen LogP contribution is -2.52. The van der Waals surface area contributed by atoms with E-state index in [9.17, 15) is 17.6 Å². The zero-order valence-corrected chi connectivity index (χ0v) is 18.2. The first kappa shape index (κ1) is 21.9. The van der Waals surface area contributed by atoms with Gasteiger partial charge in [0.25, 0.3) is 0 Å². The van der Waals surface area contributed by atoms with Gasteiger partial charge in [0.15, 0.2) is 0 Å². The monoisotopic (exact) mass is 446 g/mol. The van der Waals surface area contributed by atoms with Crippen molar-refractivity contribution in [3.63, 3.8) is 0 Å². The lowest BCUT2D eigenvalue weighted by atomic mass is 9.76. The minimum atomic E-state index is -4.31. The Morgan fingerprint density at radius 2 is 1.66 bits per heavy atom. The van der Waals surface area contributed by atoms with Crippen molar-refractivity contribution in [2.75, 3.05) is 26.2 Å². The van der Waals surface area contributed by atoms with Crippen molar-refractivity contribution in [3.05, 3.63) is 71.0 Å². The third kappa shape index (κ3) is 4.32. The molecule has 3 saturated heterocycles. The van der Waals surface area contributed by atoms with Gasteiger partial charge in [-0.1, -0.05) is 36.4 Å². The maximum atomic E-state index is 14.5. The lowest BCUT2D eigenvalue weighted by molar-refractivity contribution is -0.192. The molecule has 6 rings (SSSR count). The molecule has 0 N–H and O–H groups in total. The van der Waals surface area contributed by atoms with E-state index in [2.05, 4.69) is 4.90 Å². The van der Waals surface area contributed by atoms with Crippen LogP contribution in [-0.4, -0.2) is 48.2 Å². The van der Waals surface area contributed by atoms with Gasteiger partial charge in [0.1, 0.15) is 11.9 Å². The average molecular weight is 447 g/mol. The molecule has 2 aromatic carbocycles. The van der Waals surface area contributed by atoms with Gasteiger partial charge in [-0.3, -0.25) is 4.90 Å². The summed E-state index contributed by atoms with van der Waals surface area (Å²) >= 11 is 0. The van der Waals surface area contributed by atoms with E-state index < -0.39 is 18.3 Å². The third-order valence-electron chi connectivity index (χ3n) is 7.89. The van der Waals surface area contributed by atoms with Crippen LogP contribution in [0.5, 0.6) is 0 Å². The highest BCUT2D eigenvalue weighted by Crippen LogP contribution is 2.43. The van der Waals surface area contributed by atoms with E-state index in [1.807, 2.05) is 24.3 Å². The third-order valence-corrected chi connectivity index (χ3v) is 7.89. The molecule has 0 saturated carbocycles. The zero-order chi connectivity index (χ0) is 22.3. The fourth-order valence-electron chi connectivity index (χ4n) is 6.24. The molecule has 32 heavy (non-hydrogen) atoms. The van der Waals surface area contributed by atoms with Gasteiger partial charge in [0.05, 0.1) is 6.04 Å². The van der Waals surface area contributed by atoms with Gasteiger partial charge in [-0.25, -0.2) is 4.39 Å². The summed E-state index contributed by atoms with van der Waals surface area (Å²) in [6.07, 6.45) is -0.732. The summed E-state index contributed by atoms with van der Waals surface area (Å²) < 4.78 is 57.0. The standard InChI is InChI=1S/C26H30F4N2/c27-22-8-5-20(6-9-22)25-23-4-2-1-3-19(23)13-16-32(25)24(26(28,29)30)10-7-21-17-31-14-11-18(21)12-15-31/h1-6,8-9,18,21,24-25H,7,10-17H2/t21?,24?,25-/m0/s1. The van der Waals surface area contributed by atoms with E-state index in [0.29, 0.717) is 31.2 Å². The summed E-state index contributed by atoms with van der Waals surface area (Å²) in [4.78, 5) is 4.04. The van der Waals surface area contributed by atoms with Crippen LogP contribution in [0, 0.1) is 17.7 Å². The highest BCUT2D eigenvalue weighted by molar-refractivity contribution is 5.40. The van der Waals surface area contributed by atoms with Gasteiger partial charge in [-0.2, -0.15) is 13.2 Å². The molecule has 0 radical (unpaired) electrons. The number of hydrogen-bond donors (Lipinski definition) is 0. The first-order valence-electron chi connectivity index (χ1n) is 11.8. The SMILES string of the molecule is Fc1ccc([C@H]2c3ccccc3CCN2C(CCC2CN3CCC2CC3)C(F)(F)F)cc1. The molecule has 2 unspecified atom stereocenters. The zero-order valence-electron chi connectivity index (χ0n) is 18.2. The number of alkyl halides is 3. The molecule has 2 nitrogen and oxygen atoms in total. The highest BCUT2D eigenvalue weighted by Gasteiger charge is 2.48. The van der Waals surface area contributed by atoms with E-state index >= 15 is 0 Å². The summed E-state index contributed by atoms with van der Waals surface area (Å²) in [6, 6.07) is 11.7. The van der Waals surface area contributed by atoms with Crippen LogP contribution in [0.2, 0.25) is 0 Å². The summed E-state index contributed by atoms with van der Waals surface area (Å²) in [5.74, 6) is 0.562. The number of rotatable bonds is 5. The van der Waals surface area contributed by atoms with E-state index in [4.69, 9.17) is 0 Å². The minimum Gasteiger partial charge on any atom is -0.303 e. The van der Waals surface area contributed by atoms with Crippen molar-refractivity contribution in [2.45, 2.75) is 50.4 Å². The maximum absolute atomic E-state index is 14.5. The molecular formula is C26H30F4N2. The van der Waals surface area contributed by atoms with E-state index in [1.54, 1.807) is 17.0 Å². The molecular weight excluding hydrogens is 416 g/mol. The maximum Gasteiger partial charge on any atom is 0.404 e. The number of halogens is 4. The van der Waals surface area contributed by atoms with Crippen molar-refractivity contribution >= 4 is 0 Å². The quantitative estimate of drug-likeness (QED) is 0.534. The fraction of sp³-hybridized carbons (Fsp3) is 0.538. The normalized spacial score (nSPS) is 29.0. The van der Waals surface area contributed by atoms with Crippen LogP contribution in [0.4, 0.5) is 17.6 Å². The van der Waals surface area contributed by atoms with Gasteiger partial charge < -0.3 is 4.90 Å². The summed E-state index contributed by atoms with van der Waals surface area (Å²) in [5.41, 5.74) is 2.70. The van der Waals surface area contributed by atoms with E-state index in [1.165, 1.54) is 12.1 Å². The molecule has 4 aliphatic heterocycles. The molecule has 172 valence electrons. The Bertz CT molecular complexity index is 918. The second-order valence-corrected chi connectivity index (χ2v) is 9.67. The Labute approximate surface area is 187 Å². The molecule has 3 fully saturated rings. The Morgan fingerprint density at radius 1 is 0.938 bits per heavy atom. The molecule has 4 aliphatic rings. The van der Waals surface area contributed by atoms with Crippen LogP contribution in [0.25, 0.3) is 0 Å². The Kier molecular flexibility index (Phi) is 6.01. The minimum absolute atomic E-state index is 0.123. The molecule has 0 aliphatic carbocycles. The second kappa shape index (κ2) is 8.79. The Hall–Kier alpha value is -1.92. The van der Waals surface area contributed by atoms with Gasteiger partial charge in [0, 0.05) is 13.1 Å². The summed E-state index contributed by atoms with van der Waals surface area (Å²) in [7, 11) is 0. The predicted molar refractivity (Wildman–Crippen MR) is 117 cm³/mol. The topological polar surface area (TPSA) is 6.48 Å². The van der Waals surface area contributed by atoms with Gasteiger partial charge in [0.2, 0.25) is 0 Å². The van der Waals surface area contributed by atoms with Crippen LogP contribution >= 0.6 is 0 Å². The molecule has 6 heteroatoms. The fourth-order valence-corrected chi connectivity index (χ4v) is 6.24. The van der Waals surface area contributed by atoms with Crippen LogP contribution in [0.3, 0.4) is 0 Å². The summed E-state index contributed by atoms with van der Waals surface area (Å²) in [6.45, 7) is 3.49. The van der Waals surface area contributed by atoms with Gasteiger partial charge in [-0.05, 0) is 85.9 Å². The van der Waals surface area contributed by atoms with Gasteiger partial charge >= 0.3 is 6.18 Å². The number of hydrogen-bond acceptors (Lipinski definition) is 2. The second-order valence-electron chi connectivity index (χ2n) is 9.67. The molecule has 0 amide bonds. The number of nitrogens with zero attached hydrogens (tertiary/aromatic N) is 2. The van der Waals surface area contributed by atoms with Gasteiger partial charge in [-0.15, -0.1) is 0 Å². The molecule has 2 bridgehead atoms. The highest BCUT2D eigenvalue weighted by atomic mass is 19.4. The Morgan fingerprint density at radius 3 is 2.31 bits per heavy atom. The number of benzene rings is 2. The van der Waals surface area contributed by atoms with Crippen molar-refractivity contribution < 1.29 is 17.6 Å². The van der Waals surface area contributed by atoms with Crippen LogP contribution in [-0.2, 0) is 6.42 Å². The first-order valence-corrected chi connectivity index (χ1v) is 11.8. The summed E-state index contributed by atoms with van der Waals surface area (Å²) in [5, 5.41) is 0. The Balaban J connectivity index is 1.44. The van der Waals surface area contributed by atoms with Crippen LogP contribution in [0.15, 0.2) is 48.5 Å². The number of piperidine rings is 3. The predicted octanol–water partition coefficient (Wildman–Crippen LogP) is 5.83. The molecule has 0 aromatic heterocycles. The van der Waals surface area contributed by atoms with Crippen molar-refractivity contribution in [1.82, 2.24) is 9.80 Å². The first-order chi connectivity index (χ1) is 15.4. The smallest absolute Gasteiger partial charge is 0.303 e. The van der Waals surface area contributed by atoms with Crippen LogP contribution in [0.1, 0.15) is 48.4 Å². The molecule has 0 spiro atoms. The molecule has 2 aromatic rings. The largest absolute Gasteiger partial charge is 0.404 e. The van der Waals surface area contributed by atoms with E-state index in [0.717, 1.165) is 49.2 Å². The van der Waals surface area contributed by atoms with Crippen molar-refractivity contribution in [2.24, 2.45) is 11.8 Å². The molecule has 3 atom stereocenters. The number of fused-ring (bicyclic) bond motifs is 4. The van der Waals surface area contributed by atoms with E-state index in [-0.39, 0.29) is 12.2 Å².